The molecule has 0 heterocycles. The maximum Gasteiger partial charge on any atom is 0.335 e. The zero-order valence-corrected chi connectivity index (χ0v) is 14.9. The van der Waals surface area contributed by atoms with Gasteiger partial charge >= 0.3 is 5.97 Å². The van der Waals surface area contributed by atoms with Crippen molar-refractivity contribution in [1.29, 1.82) is 0 Å². The normalized spacial score (nSPS) is 10.8. The second-order valence-electron chi connectivity index (χ2n) is 6.57. The number of carboxylic acid groups (broad SMARTS) is 1. The second-order valence-corrected chi connectivity index (χ2v) is 6.57. The number of halogens is 1. The third-order valence-corrected chi connectivity index (χ3v) is 4.55. The van der Waals surface area contributed by atoms with Gasteiger partial charge in [-0.25, -0.2) is 9.18 Å². The Labute approximate surface area is 149 Å². The Morgan fingerprint density at radius 1 is 0.920 bits per heavy atom. The summed E-state index contributed by atoms with van der Waals surface area (Å²) in [7, 11) is 0. The van der Waals surface area contributed by atoms with Crippen molar-refractivity contribution in [2.24, 2.45) is 0 Å². The molecule has 0 saturated heterocycles. The van der Waals surface area contributed by atoms with Crippen LogP contribution >= 0.6 is 0 Å². The number of benzene rings is 2. The van der Waals surface area contributed by atoms with Gasteiger partial charge in [0.05, 0.1) is 5.56 Å². The monoisotopic (exact) mass is 342 g/mol. The molecule has 2 rings (SSSR count). The van der Waals surface area contributed by atoms with E-state index in [1.807, 2.05) is 24.3 Å². The minimum atomic E-state index is -1.12. The number of hydrogen-bond acceptors (Lipinski definition) is 1. The number of unbranched alkanes of at least 4 members (excludes halogenated alkanes) is 6. The highest BCUT2D eigenvalue weighted by Crippen LogP contribution is 2.24. The molecule has 0 radical (unpaired) electrons. The van der Waals surface area contributed by atoms with Crippen LogP contribution in [0.3, 0.4) is 0 Å². The summed E-state index contributed by atoms with van der Waals surface area (Å²) >= 11 is 0. The molecule has 1 N–H and O–H groups in total. The fraction of sp³-hybridized carbons (Fsp3) is 0.409. The lowest BCUT2D eigenvalue weighted by Crippen LogP contribution is -1.97. The lowest BCUT2D eigenvalue weighted by atomic mass is 9.99. The van der Waals surface area contributed by atoms with Crippen molar-refractivity contribution < 1.29 is 14.3 Å². The van der Waals surface area contributed by atoms with Gasteiger partial charge in [-0.2, -0.15) is 0 Å². The molecule has 0 fully saturated rings. The highest BCUT2D eigenvalue weighted by molar-refractivity contribution is 5.88. The first-order valence-corrected chi connectivity index (χ1v) is 9.24. The van der Waals surface area contributed by atoms with Crippen molar-refractivity contribution in [3.63, 3.8) is 0 Å². The molecular formula is C22H27FO2. The Morgan fingerprint density at radius 2 is 1.56 bits per heavy atom. The molecule has 2 aromatic carbocycles. The predicted molar refractivity (Wildman–Crippen MR) is 100 cm³/mol. The van der Waals surface area contributed by atoms with Gasteiger partial charge in [0.15, 0.2) is 0 Å². The molecular weight excluding hydrogens is 315 g/mol. The van der Waals surface area contributed by atoms with E-state index >= 15 is 0 Å². The minimum absolute atomic E-state index is 0.0307. The molecule has 2 nitrogen and oxygen atoms in total. The van der Waals surface area contributed by atoms with E-state index in [1.165, 1.54) is 62.6 Å². The molecule has 0 aliphatic carbocycles. The topological polar surface area (TPSA) is 37.3 Å². The predicted octanol–water partition coefficient (Wildman–Crippen LogP) is 6.48. The van der Waals surface area contributed by atoms with Gasteiger partial charge in [0.25, 0.3) is 0 Å². The molecule has 0 unspecified atom stereocenters. The third-order valence-electron chi connectivity index (χ3n) is 4.55. The van der Waals surface area contributed by atoms with Gasteiger partial charge in [0.1, 0.15) is 5.82 Å². The molecule has 0 saturated carbocycles. The van der Waals surface area contributed by atoms with E-state index in [9.17, 15) is 9.18 Å². The van der Waals surface area contributed by atoms with Gasteiger partial charge in [-0.05, 0) is 36.1 Å². The van der Waals surface area contributed by atoms with Crippen LogP contribution in [0, 0.1) is 5.82 Å². The first kappa shape index (κ1) is 19.2. The van der Waals surface area contributed by atoms with Gasteiger partial charge in [-0.3, -0.25) is 0 Å². The van der Waals surface area contributed by atoms with Crippen LogP contribution in [0.5, 0.6) is 0 Å². The average Bonchev–Trinajstić information content (AvgIpc) is 2.61. The molecule has 0 amide bonds. The summed E-state index contributed by atoms with van der Waals surface area (Å²) in [6.45, 7) is 2.23. The third kappa shape index (κ3) is 6.00. The van der Waals surface area contributed by atoms with E-state index in [2.05, 4.69) is 6.92 Å². The Balaban J connectivity index is 1.86. The fourth-order valence-corrected chi connectivity index (χ4v) is 3.02. The molecule has 0 aliphatic heterocycles. The van der Waals surface area contributed by atoms with Crippen molar-refractivity contribution in [3.05, 3.63) is 59.4 Å². The summed E-state index contributed by atoms with van der Waals surface area (Å²) < 4.78 is 14.1. The van der Waals surface area contributed by atoms with Crippen LogP contribution in [0.15, 0.2) is 42.5 Å². The van der Waals surface area contributed by atoms with E-state index in [-0.39, 0.29) is 5.56 Å². The molecule has 0 aromatic heterocycles. The quantitative estimate of drug-likeness (QED) is 0.501. The highest BCUT2D eigenvalue weighted by atomic mass is 19.1. The summed E-state index contributed by atoms with van der Waals surface area (Å²) in [5, 5.41) is 8.90. The molecule has 2 aromatic rings. The van der Waals surface area contributed by atoms with Gasteiger partial charge < -0.3 is 5.11 Å². The van der Waals surface area contributed by atoms with E-state index in [4.69, 9.17) is 5.11 Å². The maximum atomic E-state index is 14.1. The van der Waals surface area contributed by atoms with Crippen LogP contribution < -0.4 is 0 Å². The van der Waals surface area contributed by atoms with Crippen molar-refractivity contribution in [2.45, 2.75) is 58.3 Å². The highest BCUT2D eigenvalue weighted by Gasteiger charge is 2.09. The number of aromatic carboxylic acids is 1. The van der Waals surface area contributed by atoms with Crippen LogP contribution in [0.4, 0.5) is 4.39 Å². The molecule has 0 spiro atoms. The lowest BCUT2D eigenvalue weighted by molar-refractivity contribution is 0.0696. The average molecular weight is 342 g/mol. The van der Waals surface area contributed by atoms with E-state index in [0.29, 0.717) is 5.56 Å². The second kappa shape index (κ2) is 9.97. The van der Waals surface area contributed by atoms with Gasteiger partial charge in [0, 0.05) is 5.56 Å². The van der Waals surface area contributed by atoms with E-state index < -0.39 is 11.8 Å². The summed E-state index contributed by atoms with van der Waals surface area (Å²) in [5.74, 6) is -1.62. The summed E-state index contributed by atoms with van der Waals surface area (Å²) in [6, 6.07) is 11.9. The Bertz CT molecular complexity index is 677. The van der Waals surface area contributed by atoms with E-state index in [0.717, 1.165) is 18.1 Å². The van der Waals surface area contributed by atoms with Crippen molar-refractivity contribution in [3.8, 4) is 11.1 Å². The van der Waals surface area contributed by atoms with Gasteiger partial charge in [0.2, 0.25) is 0 Å². The van der Waals surface area contributed by atoms with Crippen LogP contribution in [-0.4, -0.2) is 11.1 Å². The number of aryl methyl sites for hydroxylation is 1. The molecule has 134 valence electrons. The van der Waals surface area contributed by atoms with E-state index in [1.54, 1.807) is 0 Å². The minimum Gasteiger partial charge on any atom is -0.478 e. The first-order chi connectivity index (χ1) is 12.1. The fourth-order valence-electron chi connectivity index (χ4n) is 3.02. The smallest absolute Gasteiger partial charge is 0.335 e. The van der Waals surface area contributed by atoms with Crippen LogP contribution in [0.2, 0.25) is 0 Å². The molecule has 0 bridgehead atoms. The zero-order chi connectivity index (χ0) is 18.1. The molecule has 25 heavy (non-hydrogen) atoms. The summed E-state index contributed by atoms with van der Waals surface area (Å²) in [6.07, 6.45) is 10.1. The maximum absolute atomic E-state index is 14.1. The Morgan fingerprint density at radius 3 is 2.16 bits per heavy atom. The largest absolute Gasteiger partial charge is 0.478 e. The molecule has 3 heteroatoms. The van der Waals surface area contributed by atoms with Crippen LogP contribution in [0.25, 0.3) is 11.1 Å². The summed E-state index contributed by atoms with van der Waals surface area (Å²) in [4.78, 5) is 10.9. The molecule has 0 atom stereocenters. The van der Waals surface area contributed by atoms with Gasteiger partial charge in [-0.15, -0.1) is 0 Å². The number of carboxylic acids is 1. The number of hydrogen-bond donors (Lipinski definition) is 1. The van der Waals surface area contributed by atoms with Crippen molar-refractivity contribution in [2.75, 3.05) is 0 Å². The first-order valence-electron chi connectivity index (χ1n) is 9.24. The molecule has 0 aliphatic rings. The van der Waals surface area contributed by atoms with Crippen LogP contribution in [-0.2, 0) is 6.42 Å². The number of carbonyl (C=O) groups is 1. The Hall–Kier alpha value is -2.16. The van der Waals surface area contributed by atoms with Crippen LogP contribution in [0.1, 0.15) is 67.8 Å². The van der Waals surface area contributed by atoms with Crippen molar-refractivity contribution >= 4 is 5.97 Å². The zero-order valence-electron chi connectivity index (χ0n) is 14.9. The summed E-state index contributed by atoms with van der Waals surface area (Å²) in [5.41, 5.74) is 2.45. The number of rotatable bonds is 10. The lowest BCUT2D eigenvalue weighted by Gasteiger charge is -2.07. The van der Waals surface area contributed by atoms with Crippen molar-refractivity contribution in [1.82, 2.24) is 0 Å². The Kier molecular flexibility index (Phi) is 7.65. The standard InChI is InChI=1S/C22H27FO2/c1-2-3-4-5-6-7-8-9-17-10-12-18(13-11-17)20-15-14-19(22(24)25)16-21(20)23/h10-16H,2-9H2,1H3,(H,24,25). The van der Waals surface area contributed by atoms with Gasteiger partial charge in [-0.1, -0.05) is 75.8 Å². The SMILES string of the molecule is CCCCCCCCCc1ccc(-c2ccc(C(=O)O)cc2F)cc1.